The lowest BCUT2D eigenvalue weighted by Gasteiger charge is -2.15. The third-order valence-corrected chi connectivity index (χ3v) is 13.1. The summed E-state index contributed by atoms with van der Waals surface area (Å²) in [6, 6.07) is 77.7. The first kappa shape index (κ1) is 35.9. The minimum atomic E-state index is 0.636. The van der Waals surface area contributed by atoms with E-state index in [4.69, 9.17) is 15.0 Å². The van der Waals surface area contributed by atoms with Gasteiger partial charge in [-0.3, -0.25) is 0 Å². The largest absolute Gasteiger partial charge is 0.309 e. The number of hydrogen-bond acceptors (Lipinski definition) is 4. The van der Waals surface area contributed by atoms with Crippen molar-refractivity contribution in [2.45, 2.75) is 0 Å². The molecule has 0 radical (unpaired) electrons. The number of hydrogen-bond donors (Lipinski definition) is 0. The molecule has 12 rings (SSSR count). The number of thiophene rings is 1. The first-order valence-corrected chi connectivity index (χ1v) is 21.7. The van der Waals surface area contributed by atoms with E-state index in [1.54, 1.807) is 0 Å². The number of aromatic nitrogens is 4. The maximum atomic E-state index is 4.97. The van der Waals surface area contributed by atoms with Crippen LogP contribution >= 0.6 is 11.3 Å². The van der Waals surface area contributed by atoms with Gasteiger partial charge in [-0.2, -0.15) is 0 Å². The molecular formula is C57H36N4S. The topological polar surface area (TPSA) is 43.6 Å². The highest BCUT2D eigenvalue weighted by Crippen LogP contribution is 2.43. The average molecular weight is 809 g/mol. The Bertz CT molecular complexity index is 3570. The number of fused-ring (bicyclic) bond motifs is 6. The fourth-order valence-electron chi connectivity index (χ4n) is 8.95. The number of benzene rings is 9. The molecule has 0 atom stereocenters. The molecule has 9 aromatic carbocycles. The van der Waals surface area contributed by atoms with Gasteiger partial charge >= 0.3 is 0 Å². The Morgan fingerprint density at radius 1 is 0.290 bits per heavy atom. The molecule has 4 nitrogen and oxygen atoms in total. The zero-order valence-electron chi connectivity index (χ0n) is 33.5. The zero-order chi connectivity index (χ0) is 41.0. The molecule has 0 saturated heterocycles. The zero-order valence-corrected chi connectivity index (χ0v) is 34.3. The van der Waals surface area contributed by atoms with Crippen molar-refractivity contribution in [3.8, 4) is 73.2 Å². The molecule has 0 aliphatic carbocycles. The normalized spacial score (nSPS) is 11.5. The van der Waals surface area contributed by atoms with Gasteiger partial charge < -0.3 is 4.57 Å². The van der Waals surface area contributed by atoms with Gasteiger partial charge in [-0.1, -0.05) is 158 Å². The number of nitrogens with zero attached hydrogens (tertiary/aromatic N) is 4. The quantitative estimate of drug-likeness (QED) is 0.161. The van der Waals surface area contributed by atoms with Crippen molar-refractivity contribution in [3.63, 3.8) is 0 Å². The summed E-state index contributed by atoms with van der Waals surface area (Å²) in [5.74, 6) is 1.93. The summed E-state index contributed by atoms with van der Waals surface area (Å²) in [6.45, 7) is 0. The Balaban J connectivity index is 0.944. The predicted molar refractivity (Wildman–Crippen MR) is 260 cm³/mol. The van der Waals surface area contributed by atoms with E-state index < -0.39 is 0 Å². The lowest BCUT2D eigenvalue weighted by molar-refractivity contribution is 1.07. The van der Waals surface area contributed by atoms with Crippen molar-refractivity contribution in [2.24, 2.45) is 0 Å². The fraction of sp³-hybridized carbons (Fsp3) is 0. The molecular weight excluding hydrogens is 773 g/mol. The fourth-order valence-corrected chi connectivity index (χ4v) is 10.0. The summed E-state index contributed by atoms with van der Waals surface area (Å²) in [5.41, 5.74) is 13.4. The van der Waals surface area contributed by atoms with Gasteiger partial charge in [-0.15, -0.1) is 11.3 Å². The van der Waals surface area contributed by atoms with E-state index in [1.807, 2.05) is 72.0 Å². The minimum Gasteiger partial charge on any atom is -0.309 e. The van der Waals surface area contributed by atoms with E-state index in [0.29, 0.717) is 17.5 Å². The van der Waals surface area contributed by atoms with Crippen molar-refractivity contribution in [1.29, 1.82) is 0 Å². The molecule has 5 heteroatoms. The van der Waals surface area contributed by atoms with Crippen molar-refractivity contribution in [3.05, 3.63) is 218 Å². The summed E-state index contributed by atoms with van der Waals surface area (Å²) in [4.78, 5) is 14.8. The second-order valence-electron chi connectivity index (χ2n) is 15.6. The molecule has 290 valence electrons. The lowest BCUT2D eigenvalue weighted by atomic mass is 9.89. The van der Waals surface area contributed by atoms with Gasteiger partial charge in [0, 0.05) is 53.3 Å². The Labute approximate surface area is 362 Å². The van der Waals surface area contributed by atoms with Crippen LogP contribution in [0, 0.1) is 0 Å². The van der Waals surface area contributed by atoms with Crippen LogP contribution in [0.1, 0.15) is 0 Å². The molecule has 0 saturated carbocycles. The first-order chi connectivity index (χ1) is 30.7. The summed E-state index contributed by atoms with van der Waals surface area (Å²) in [6.07, 6.45) is 0. The molecule has 0 bridgehead atoms. The molecule has 0 spiro atoms. The summed E-state index contributed by atoms with van der Waals surface area (Å²) in [7, 11) is 0. The van der Waals surface area contributed by atoms with Crippen LogP contribution < -0.4 is 0 Å². The molecule has 3 heterocycles. The molecule has 0 aliphatic heterocycles. The molecule has 62 heavy (non-hydrogen) atoms. The maximum absolute atomic E-state index is 4.97. The van der Waals surface area contributed by atoms with E-state index >= 15 is 0 Å². The smallest absolute Gasteiger partial charge is 0.164 e. The highest BCUT2D eigenvalue weighted by atomic mass is 32.1. The number of rotatable bonds is 7. The third kappa shape index (κ3) is 6.18. The Kier molecular flexibility index (Phi) is 8.65. The maximum Gasteiger partial charge on any atom is 0.164 e. The molecule has 0 unspecified atom stereocenters. The van der Waals surface area contributed by atoms with Crippen molar-refractivity contribution >= 4 is 53.3 Å². The van der Waals surface area contributed by atoms with Crippen LogP contribution in [-0.4, -0.2) is 19.5 Å². The van der Waals surface area contributed by atoms with Crippen molar-refractivity contribution in [1.82, 2.24) is 19.5 Å². The Morgan fingerprint density at radius 3 is 1.35 bits per heavy atom. The molecule has 3 aromatic heterocycles. The summed E-state index contributed by atoms with van der Waals surface area (Å²) >= 11 is 1.86. The highest BCUT2D eigenvalue weighted by molar-refractivity contribution is 7.25. The highest BCUT2D eigenvalue weighted by Gasteiger charge is 2.18. The summed E-state index contributed by atoms with van der Waals surface area (Å²) in [5, 5.41) is 5.04. The molecule has 0 aliphatic rings. The van der Waals surface area contributed by atoms with E-state index in [0.717, 1.165) is 33.4 Å². The molecule has 0 fully saturated rings. The van der Waals surface area contributed by atoms with Crippen LogP contribution in [0.5, 0.6) is 0 Å². The third-order valence-electron chi connectivity index (χ3n) is 11.9. The van der Waals surface area contributed by atoms with Crippen LogP contribution in [0.2, 0.25) is 0 Å². The van der Waals surface area contributed by atoms with Crippen LogP contribution in [0.4, 0.5) is 0 Å². The van der Waals surface area contributed by atoms with Gasteiger partial charge in [0.25, 0.3) is 0 Å². The second kappa shape index (κ2) is 14.9. The van der Waals surface area contributed by atoms with E-state index in [-0.39, 0.29) is 0 Å². The van der Waals surface area contributed by atoms with Gasteiger partial charge in [0.05, 0.1) is 11.0 Å². The predicted octanol–water partition coefficient (Wildman–Crippen LogP) is 15.3. The van der Waals surface area contributed by atoms with Crippen LogP contribution in [0.25, 0.3) is 115 Å². The monoisotopic (exact) mass is 808 g/mol. The van der Waals surface area contributed by atoms with Crippen molar-refractivity contribution in [2.75, 3.05) is 0 Å². The van der Waals surface area contributed by atoms with Gasteiger partial charge in [-0.05, 0) is 94.0 Å². The van der Waals surface area contributed by atoms with E-state index in [1.165, 1.54) is 64.3 Å². The molecule has 0 N–H and O–H groups in total. The van der Waals surface area contributed by atoms with E-state index in [2.05, 4.69) is 162 Å². The van der Waals surface area contributed by atoms with Gasteiger partial charge in [0.2, 0.25) is 0 Å². The standard InChI is InChI=1S/C57H36N4S/c1-3-15-37(16-4-1)55-58-56(38-17-5-2-6-18-38)60-57(59-55)39-27-31-42(32-28-39)61-51-25-13-11-23-47(51)49-35-40(29-33-52(49)61)43-19-7-9-21-45(43)46-22-10-8-20-44(46)41-30-34-54-50(36-41)48-24-12-14-26-53(48)62-54/h1-36H. The van der Waals surface area contributed by atoms with Crippen LogP contribution in [0.3, 0.4) is 0 Å². The van der Waals surface area contributed by atoms with E-state index in [9.17, 15) is 0 Å². The Hall–Kier alpha value is -7.99. The SMILES string of the molecule is c1ccc(-c2nc(-c3ccccc3)nc(-c3ccc(-n4c5ccccc5c5cc(-c6ccccc6-c6ccccc6-c6ccc7sc8ccccc8c7c6)ccc54)cc3)n2)cc1. The van der Waals surface area contributed by atoms with Gasteiger partial charge in [0.15, 0.2) is 17.5 Å². The lowest BCUT2D eigenvalue weighted by Crippen LogP contribution is -2.00. The van der Waals surface area contributed by atoms with Gasteiger partial charge in [-0.25, -0.2) is 15.0 Å². The second-order valence-corrected chi connectivity index (χ2v) is 16.7. The first-order valence-electron chi connectivity index (χ1n) is 20.8. The summed E-state index contributed by atoms with van der Waals surface area (Å²) < 4.78 is 5.00. The molecule has 12 aromatic rings. The van der Waals surface area contributed by atoms with Crippen LogP contribution in [-0.2, 0) is 0 Å². The van der Waals surface area contributed by atoms with Crippen molar-refractivity contribution < 1.29 is 0 Å². The van der Waals surface area contributed by atoms with Crippen LogP contribution in [0.15, 0.2) is 218 Å². The van der Waals surface area contributed by atoms with Gasteiger partial charge in [0.1, 0.15) is 0 Å². The number of para-hydroxylation sites is 1. The average Bonchev–Trinajstić information content (AvgIpc) is 3.89. The molecule has 0 amide bonds. The minimum absolute atomic E-state index is 0.636. The Morgan fingerprint density at radius 2 is 0.726 bits per heavy atom.